The van der Waals surface area contributed by atoms with E-state index in [0.717, 1.165) is 12.8 Å². The van der Waals surface area contributed by atoms with Crippen LogP contribution in [-0.4, -0.2) is 31.8 Å². The second kappa shape index (κ2) is 18.3. The van der Waals surface area contributed by atoms with Crippen molar-refractivity contribution >= 4 is 11.9 Å². The number of hydrogen-bond acceptors (Lipinski definition) is 4. The molecule has 0 aliphatic rings. The molecule has 0 bridgehead atoms. The van der Waals surface area contributed by atoms with Gasteiger partial charge in [-0.1, -0.05) is 77.9 Å². The average Bonchev–Trinajstić information content (AvgIpc) is 2.66. The number of rotatable bonds is 14. The van der Waals surface area contributed by atoms with E-state index in [1.165, 1.54) is 71.8 Å². The maximum atomic E-state index is 11.4. The average molecular weight is 423 g/mol. The first kappa shape index (κ1) is 29.4. The number of ether oxygens (including phenoxy) is 2. The van der Waals surface area contributed by atoms with E-state index in [-0.39, 0.29) is 11.5 Å². The Kier molecular flexibility index (Phi) is 18.5. The van der Waals surface area contributed by atoms with Crippen LogP contribution >= 0.6 is 0 Å². The molecule has 7 heteroatoms. The van der Waals surface area contributed by atoms with Gasteiger partial charge in [-0.25, -0.2) is 9.59 Å². The summed E-state index contributed by atoms with van der Waals surface area (Å²) >= 11 is 0. The molecule has 0 aliphatic carbocycles. The Morgan fingerprint density at radius 3 is 1.66 bits per heavy atom. The van der Waals surface area contributed by atoms with Crippen LogP contribution in [0.15, 0.2) is 24.3 Å². The fourth-order valence-electron chi connectivity index (χ4n) is 2.34. The van der Waals surface area contributed by atoms with Gasteiger partial charge in [0.2, 0.25) is 0 Å². The third-order valence-electron chi connectivity index (χ3n) is 4.02. The minimum Gasteiger partial charge on any atom is -0.466 e. The molecule has 0 saturated heterocycles. The molecule has 170 valence electrons. The number of carbonyl (C=O) groups excluding carboxylic acids is 2. The molecule has 0 unspecified atom stereocenters. The SMILES string of the molecule is C=C(C)C(=O)OCC(F)(F)F.C=C(CCCCCCCCCCCC)C(=O)OC. The minimum atomic E-state index is -4.47. The molecule has 0 saturated carbocycles. The molecule has 0 rings (SSSR count). The number of unbranched alkanes of at least 4 members (excludes halogenated alkanes) is 9. The molecule has 0 N–H and O–H groups in total. The minimum absolute atomic E-state index is 0.0470. The molecule has 0 atom stereocenters. The van der Waals surface area contributed by atoms with E-state index in [4.69, 9.17) is 0 Å². The summed E-state index contributed by atoms with van der Waals surface area (Å²) in [5.74, 6) is -1.28. The first-order valence-corrected chi connectivity index (χ1v) is 10.2. The van der Waals surface area contributed by atoms with Crippen LogP contribution in [0.5, 0.6) is 0 Å². The van der Waals surface area contributed by atoms with Crippen molar-refractivity contribution in [1.82, 2.24) is 0 Å². The van der Waals surface area contributed by atoms with Gasteiger partial charge in [0.25, 0.3) is 0 Å². The van der Waals surface area contributed by atoms with Crippen molar-refractivity contribution in [1.29, 1.82) is 0 Å². The molecule has 0 aromatic heterocycles. The third-order valence-corrected chi connectivity index (χ3v) is 4.02. The fourth-order valence-corrected chi connectivity index (χ4v) is 2.34. The summed E-state index contributed by atoms with van der Waals surface area (Å²) in [5, 5.41) is 0. The van der Waals surface area contributed by atoms with Crippen molar-refractivity contribution in [3.8, 4) is 0 Å². The summed E-state index contributed by atoms with van der Waals surface area (Å²) in [7, 11) is 1.41. The quantitative estimate of drug-likeness (QED) is 0.178. The Morgan fingerprint density at radius 1 is 0.828 bits per heavy atom. The molecule has 0 radical (unpaired) electrons. The number of methoxy groups -OCH3 is 1. The van der Waals surface area contributed by atoms with E-state index in [2.05, 4.69) is 29.6 Å². The highest BCUT2D eigenvalue weighted by Gasteiger charge is 2.29. The summed E-state index contributed by atoms with van der Waals surface area (Å²) in [5.41, 5.74) is 0.561. The number of alkyl halides is 3. The van der Waals surface area contributed by atoms with E-state index in [9.17, 15) is 22.8 Å². The molecule has 29 heavy (non-hydrogen) atoms. The maximum absolute atomic E-state index is 11.4. The molecule has 0 fully saturated rings. The van der Waals surface area contributed by atoms with Gasteiger partial charge in [-0.3, -0.25) is 0 Å². The molecule has 0 aliphatic heterocycles. The lowest BCUT2D eigenvalue weighted by Crippen LogP contribution is -2.20. The standard InChI is InChI=1S/C16H30O2.C6H7F3O2/c1-4-5-6-7-8-9-10-11-12-13-14-15(2)16(17)18-3;1-4(2)5(10)11-3-6(7,8)9/h2,4-14H2,1,3H3;1,3H2,2H3. The fraction of sp³-hybridized carbons (Fsp3) is 0.727. The Labute approximate surface area is 173 Å². The van der Waals surface area contributed by atoms with Crippen LogP contribution in [-0.2, 0) is 19.1 Å². The molecule has 0 spiro atoms. The second-order valence-corrected chi connectivity index (χ2v) is 7.00. The number of esters is 2. The largest absolute Gasteiger partial charge is 0.466 e. The van der Waals surface area contributed by atoms with Crippen molar-refractivity contribution in [3.05, 3.63) is 24.3 Å². The Hall–Kier alpha value is -1.79. The lowest BCUT2D eigenvalue weighted by molar-refractivity contribution is -0.183. The second-order valence-electron chi connectivity index (χ2n) is 7.00. The van der Waals surface area contributed by atoms with Gasteiger partial charge in [0.05, 0.1) is 7.11 Å². The summed E-state index contributed by atoms with van der Waals surface area (Å²) in [6.45, 7) is 8.81. The van der Waals surface area contributed by atoms with E-state index in [0.29, 0.717) is 5.57 Å². The highest BCUT2D eigenvalue weighted by Crippen LogP contribution is 2.15. The van der Waals surface area contributed by atoms with E-state index in [1.54, 1.807) is 0 Å². The summed E-state index contributed by atoms with van der Waals surface area (Å²) in [6, 6.07) is 0. The Morgan fingerprint density at radius 2 is 1.28 bits per heavy atom. The smallest absolute Gasteiger partial charge is 0.422 e. The molecule has 0 heterocycles. The molecule has 4 nitrogen and oxygen atoms in total. The summed E-state index contributed by atoms with van der Waals surface area (Å²) in [4.78, 5) is 21.4. The molecular weight excluding hydrogens is 385 g/mol. The van der Waals surface area contributed by atoms with Gasteiger partial charge in [-0.05, 0) is 19.8 Å². The van der Waals surface area contributed by atoms with Gasteiger partial charge in [0, 0.05) is 11.1 Å². The van der Waals surface area contributed by atoms with Gasteiger partial charge in [-0.2, -0.15) is 13.2 Å². The molecular formula is C22H37F3O4. The molecule has 0 amide bonds. The van der Waals surface area contributed by atoms with Crippen molar-refractivity contribution < 1.29 is 32.2 Å². The predicted molar refractivity (Wildman–Crippen MR) is 109 cm³/mol. The van der Waals surface area contributed by atoms with Gasteiger partial charge in [0.1, 0.15) is 0 Å². The number of carbonyl (C=O) groups is 2. The van der Waals surface area contributed by atoms with Crippen LogP contribution in [0.2, 0.25) is 0 Å². The summed E-state index contributed by atoms with van der Waals surface area (Å²) in [6.07, 6.45) is 9.43. The van der Waals surface area contributed by atoms with E-state index >= 15 is 0 Å². The first-order chi connectivity index (χ1) is 13.5. The van der Waals surface area contributed by atoms with E-state index < -0.39 is 18.8 Å². The van der Waals surface area contributed by atoms with Gasteiger partial charge >= 0.3 is 18.1 Å². The molecule has 0 aromatic carbocycles. The molecule has 0 aromatic rings. The van der Waals surface area contributed by atoms with Crippen LogP contribution in [0.3, 0.4) is 0 Å². The first-order valence-electron chi connectivity index (χ1n) is 10.2. The van der Waals surface area contributed by atoms with Crippen LogP contribution in [0.1, 0.15) is 84.5 Å². The van der Waals surface area contributed by atoms with Gasteiger partial charge < -0.3 is 9.47 Å². The van der Waals surface area contributed by atoms with Crippen LogP contribution < -0.4 is 0 Å². The van der Waals surface area contributed by atoms with Gasteiger partial charge in [0.15, 0.2) is 6.61 Å². The predicted octanol–water partition coefficient (Wildman–Crippen LogP) is 6.69. The Bertz CT molecular complexity index is 485. The van der Waals surface area contributed by atoms with Crippen molar-refractivity contribution in [2.24, 2.45) is 0 Å². The lowest BCUT2D eigenvalue weighted by Gasteiger charge is -2.06. The van der Waals surface area contributed by atoms with Crippen LogP contribution in [0, 0.1) is 0 Å². The topological polar surface area (TPSA) is 52.6 Å². The monoisotopic (exact) mass is 422 g/mol. The zero-order chi connectivity index (χ0) is 22.7. The van der Waals surface area contributed by atoms with Crippen molar-refractivity contribution in [2.75, 3.05) is 13.7 Å². The van der Waals surface area contributed by atoms with Crippen LogP contribution in [0.4, 0.5) is 13.2 Å². The number of halogens is 3. The maximum Gasteiger partial charge on any atom is 0.422 e. The normalized spacial score (nSPS) is 10.6. The highest BCUT2D eigenvalue weighted by atomic mass is 19.4. The van der Waals surface area contributed by atoms with E-state index in [1.807, 2.05) is 0 Å². The number of hydrogen-bond donors (Lipinski definition) is 0. The zero-order valence-electron chi connectivity index (χ0n) is 18.2. The zero-order valence-corrected chi connectivity index (χ0v) is 18.2. The highest BCUT2D eigenvalue weighted by molar-refractivity contribution is 5.87. The Balaban J connectivity index is 0. The lowest BCUT2D eigenvalue weighted by atomic mass is 10.0. The van der Waals surface area contributed by atoms with Crippen molar-refractivity contribution in [3.63, 3.8) is 0 Å². The summed E-state index contributed by atoms with van der Waals surface area (Å²) < 4.78 is 42.5. The van der Waals surface area contributed by atoms with Crippen molar-refractivity contribution in [2.45, 2.75) is 90.7 Å². The third kappa shape index (κ3) is 22.4. The van der Waals surface area contributed by atoms with Gasteiger partial charge in [-0.15, -0.1) is 0 Å². The van der Waals surface area contributed by atoms with Crippen LogP contribution in [0.25, 0.3) is 0 Å².